The van der Waals surface area contributed by atoms with Gasteiger partial charge in [-0.15, -0.1) is 0 Å². The first-order valence-electron chi connectivity index (χ1n) is 11.8. The first kappa shape index (κ1) is 21.9. The van der Waals surface area contributed by atoms with Crippen LogP contribution < -0.4 is 0 Å². The first-order valence-corrected chi connectivity index (χ1v) is 15.3. The zero-order valence-corrected chi connectivity index (χ0v) is 21.0. The summed E-state index contributed by atoms with van der Waals surface area (Å²) in [5, 5.41) is 1.58. The van der Waals surface area contributed by atoms with E-state index in [1.54, 1.807) is 10.8 Å². The Morgan fingerprint density at radius 1 is 1.00 bits per heavy atom. The molecular formula is C29H37NSi. The summed E-state index contributed by atoms with van der Waals surface area (Å²) < 4.78 is 2.13. The molecule has 0 radical (unpaired) electrons. The summed E-state index contributed by atoms with van der Waals surface area (Å²) in [7, 11) is -1.44. The molecule has 0 spiro atoms. The highest BCUT2D eigenvalue weighted by Crippen LogP contribution is 2.40. The van der Waals surface area contributed by atoms with Gasteiger partial charge in [0.1, 0.15) is 12.2 Å². The molecule has 1 heterocycles. The average molecular weight is 428 g/mol. The Morgan fingerprint density at radius 2 is 1.68 bits per heavy atom. The van der Waals surface area contributed by atoms with E-state index >= 15 is 0 Å². The summed E-state index contributed by atoms with van der Waals surface area (Å²) in [6.45, 7) is 16.3. The van der Waals surface area contributed by atoms with Gasteiger partial charge in [-0.2, -0.15) is 0 Å². The van der Waals surface area contributed by atoms with E-state index in [2.05, 4.69) is 99.5 Å². The molecule has 0 atom stereocenters. The summed E-state index contributed by atoms with van der Waals surface area (Å²) in [6.07, 6.45) is 11.7. The maximum absolute atomic E-state index is 4.43. The van der Waals surface area contributed by atoms with Crippen molar-refractivity contribution in [1.82, 2.24) is 0 Å². The molecule has 1 aliphatic heterocycles. The lowest BCUT2D eigenvalue weighted by atomic mass is 9.88. The Hall–Kier alpha value is -2.32. The third kappa shape index (κ3) is 4.65. The molecule has 162 valence electrons. The van der Waals surface area contributed by atoms with Crippen molar-refractivity contribution in [2.24, 2.45) is 5.92 Å². The highest BCUT2D eigenvalue weighted by Gasteiger charge is 2.31. The van der Waals surface area contributed by atoms with Gasteiger partial charge in [-0.1, -0.05) is 111 Å². The van der Waals surface area contributed by atoms with Crippen molar-refractivity contribution in [3.63, 3.8) is 0 Å². The predicted octanol–water partition coefficient (Wildman–Crippen LogP) is 7.85. The van der Waals surface area contributed by atoms with E-state index in [0.29, 0.717) is 0 Å². The molecule has 2 heteroatoms. The van der Waals surface area contributed by atoms with Crippen LogP contribution in [0.3, 0.4) is 0 Å². The Morgan fingerprint density at radius 3 is 2.32 bits per heavy atom. The highest BCUT2D eigenvalue weighted by atomic mass is 28.3. The van der Waals surface area contributed by atoms with Gasteiger partial charge in [0.15, 0.2) is 0 Å². The summed E-state index contributed by atoms with van der Waals surface area (Å²) in [4.78, 5) is 0. The molecule has 0 unspecified atom stereocenters. The summed E-state index contributed by atoms with van der Waals surface area (Å²) in [5.41, 5.74) is 8.12. The minimum absolute atomic E-state index is 0.854. The van der Waals surface area contributed by atoms with Crippen LogP contribution in [0.5, 0.6) is 0 Å². The van der Waals surface area contributed by atoms with Crippen LogP contribution in [-0.2, 0) is 0 Å². The highest BCUT2D eigenvalue weighted by molar-refractivity contribution is 6.84. The van der Waals surface area contributed by atoms with E-state index in [-0.39, 0.29) is 0 Å². The molecule has 1 saturated carbocycles. The van der Waals surface area contributed by atoms with Crippen LogP contribution in [0.15, 0.2) is 65.5 Å². The standard InChI is InChI=1S/C29H37NSi/c1-21-17-27(22(2)16-26(21)24-14-8-7-9-15-24)28-19-25(18-23-12-10-11-13-23)29(20-30(28)3)31(4,5)6/h7-9,14-17,19-20,23H,3,10-13,18H2,1-2,4-6H3. The van der Waals surface area contributed by atoms with Crippen LogP contribution in [0.4, 0.5) is 0 Å². The van der Waals surface area contributed by atoms with Gasteiger partial charge < -0.3 is 0 Å². The van der Waals surface area contributed by atoms with Crippen molar-refractivity contribution in [2.45, 2.75) is 65.6 Å². The zero-order chi connectivity index (χ0) is 22.2. The SMILES string of the molecule is C=[N+]1C=C([Si](C)(C)C)C(CC2CCCC2)=C[C-]1c1cc(C)c(-c2ccccc2)cc1C. The maximum Gasteiger partial charge on any atom is 0.147 e. The average Bonchev–Trinajstić information content (AvgIpc) is 3.23. The van der Waals surface area contributed by atoms with Crippen molar-refractivity contribution >= 4 is 14.8 Å². The molecule has 31 heavy (non-hydrogen) atoms. The molecule has 0 bridgehead atoms. The van der Waals surface area contributed by atoms with Crippen LogP contribution in [0, 0.1) is 25.8 Å². The minimum atomic E-state index is -1.44. The van der Waals surface area contributed by atoms with E-state index < -0.39 is 8.07 Å². The van der Waals surface area contributed by atoms with E-state index in [9.17, 15) is 0 Å². The lowest BCUT2D eigenvalue weighted by molar-refractivity contribution is -0.418. The van der Waals surface area contributed by atoms with Gasteiger partial charge in [0.2, 0.25) is 0 Å². The molecule has 0 saturated heterocycles. The van der Waals surface area contributed by atoms with Crippen molar-refractivity contribution in [1.29, 1.82) is 0 Å². The Kier molecular flexibility index (Phi) is 6.12. The fraction of sp³-hybridized carbons (Fsp3) is 0.379. The number of rotatable bonds is 5. The fourth-order valence-corrected chi connectivity index (χ4v) is 6.94. The van der Waals surface area contributed by atoms with Crippen LogP contribution in [0.25, 0.3) is 11.1 Å². The second kappa shape index (κ2) is 8.67. The van der Waals surface area contributed by atoms with Crippen LogP contribution in [0.1, 0.15) is 48.8 Å². The van der Waals surface area contributed by atoms with E-state index in [0.717, 1.165) is 5.92 Å². The molecule has 1 nitrogen and oxygen atoms in total. The molecule has 1 aliphatic carbocycles. The second-order valence-corrected chi connectivity index (χ2v) is 15.6. The number of hydrogen-bond donors (Lipinski definition) is 0. The van der Waals surface area contributed by atoms with Crippen molar-refractivity contribution in [3.8, 4) is 11.1 Å². The molecule has 0 amide bonds. The number of hydrogen-bond acceptors (Lipinski definition) is 0. The second-order valence-electron chi connectivity index (χ2n) is 10.5. The third-order valence-electron chi connectivity index (χ3n) is 6.97. The predicted molar refractivity (Wildman–Crippen MR) is 137 cm³/mol. The molecular weight excluding hydrogens is 390 g/mol. The maximum atomic E-state index is 4.43. The summed E-state index contributed by atoms with van der Waals surface area (Å²) in [6, 6.07) is 16.7. The molecule has 2 aliphatic rings. The lowest BCUT2D eigenvalue weighted by Gasteiger charge is -2.32. The summed E-state index contributed by atoms with van der Waals surface area (Å²) >= 11 is 0. The van der Waals surface area contributed by atoms with E-state index in [4.69, 9.17) is 0 Å². The number of aryl methyl sites for hydroxylation is 2. The molecule has 2 aromatic carbocycles. The zero-order valence-electron chi connectivity index (χ0n) is 20.0. The smallest absolute Gasteiger partial charge is 0.147 e. The molecule has 2 aromatic rings. The molecule has 1 fully saturated rings. The van der Waals surface area contributed by atoms with Crippen LogP contribution in [0.2, 0.25) is 19.6 Å². The van der Waals surface area contributed by atoms with Gasteiger partial charge in [-0.05, 0) is 47.2 Å². The van der Waals surface area contributed by atoms with Crippen LogP contribution >= 0.6 is 0 Å². The Labute approximate surface area is 190 Å². The van der Waals surface area contributed by atoms with Gasteiger partial charge >= 0.3 is 0 Å². The van der Waals surface area contributed by atoms with Gasteiger partial charge in [0.05, 0.1) is 14.8 Å². The van der Waals surface area contributed by atoms with Gasteiger partial charge in [0, 0.05) is 0 Å². The molecule has 4 rings (SSSR count). The van der Waals surface area contributed by atoms with Crippen molar-refractivity contribution < 1.29 is 4.58 Å². The number of nitrogens with zero attached hydrogens (tertiary/aromatic N) is 1. The minimum Gasteiger partial charge on any atom is -0.255 e. The monoisotopic (exact) mass is 427 g/mol. The lowest BCUT2D eigenvalue weighted by Crippen LogP contribution is -2.31. The third-order valence-corrected chi connectivity index (χ3v) is 9.04. The van der Waals surface area contributed by atoms with E-state index in [1.165, 1.54) is 66.0 Å². The fourth-order valence-electron chi connectivity index (χ4n) is 5.26. The molecule has 0 aromatic heterocycles. The Balaban J connectivity index is 1.73. The van der Waals surface area contributed by atoms with Crippen molar-refractivity contribution in [3.05, 3.63) is 88.2 Å². The Bertz CT molecular complexity index is 1030. The summed E-state index contributed by atoms with van der Waals surface area (Å²) in [5.74, 6) is 0.854. The topological polar surface area (TPSA) is 3.01 Å². The van der Waals surface area contributed by atoms with Crippen LogP contribution in [-0.4, -0.2) is 19.4 Å². The van der Waals surface area contributed by atoms with Gasteiger partial charge in [-0.25, -0.2) is 0 Å². The number of benzene rings is 2. The van der Waals surface area contributed by atoms with Gasteiger partial charge in [-0.3, -0.25) is 4.58 Å². The van der Waals surface area contributed by atoms with Gasteiger partial charge in [0.25, 0.3) is 0 Å². The largest absolute Gasteiger partial charge is 0.255 e. The first-order chi connectivity index (χ1) is 14.7. The normalized spacial score (nSPS) is 17.7. The van der Waals surface area contributed by atoms with Crippen molar-refractivity contribution in [2.75, 3.05) is 0 Å². The molecule has 0 N–H and O–H groups in total. The van der Waals surface area contributed by atoms with E-state index in [1.807, 2.05) is 0 Å². The number of allylic oxidation sites excluding steroid dienone is 2. The quantitative estimate of drug-likeness (QED) is 0.260.